The Kier molecular flexibility index (Phi) is 6.23. The molecule has 1 N–H and O–H groups in total. The van der Waals surface area contributed by atoms with Crippen molar-refractivity contribution < 1.29 is 13.5 Å². The number of rotatable bonds is 3. The average molecular weight is 432 g/mol. The number of sulfone groups is 1. The van der Waals surface area contributed by atoms with Crippen molar-refractivity contribution in [2.45, 2.75) is 57.3 Å². The molecule has 0 bridgehead atoms. The van der Waals surface area contributed by atoms with E-state index in [0.717, 1.165) is 0 Å². The first kappa shape index (κ1) is 23.0. The molecule has 0 spiro atoms. The Morgan fingerprint density at radius 3 is 1.83 bits per heavy atom. The van der Waals surface area contributed by atoms with E-state index in [9.17, 15) is 18.8 Å². The molecule has 0 radical (unpaired) electrons. The number of allylic oxidation sites excluding steroid dienone is 1. The first-order valence-electron chi connectivity index (χ1n) is 9.18. The molecule has 0 atom stereocenters. The van der Waals surface area contributed by atoms with Crippen molar-refractivity contribution in [2.75, 3.05) is 0 Å². The molecule has 0 unspecified atom stereocenters. The zero-order valence-electron chi connectivity index (χ0n) is 17.5. The Bertz CT molecular complexity index is 1060. The summed E-state index contributed by atoms with van der Waals surface area (Å²) in [5.41, 5.74) is 1.20. The fourth-order valence-corrected chi connectivity index (χ4v) is 4.23. The number of hydrogen-bond acceptors (Lipinski definition) is 4. The van der Waals surface area contributed by atoms with Gasteiger partial charge < -0.3 is 5.11 Å². The largest absolute Gasteiger partial charge is 0.507 e. The summed E-state index contributed by atoms with van der Waals surface area (Å²) in [5.74, 6) is 0.196. The second-order valence-electron chi connectivity index (χ2n) is 9.04. The molecule has 2 aromatic carbocycles. The van der Waals surface area contributed by atoms with Crippen molar-refractivity contribution >= 4 is 27.5 Å². The van der Waals surface area contributed by atoms with Crippen LogP contribution in [0.2, 0.25) is 5.02 Å². The number of nitriles is 1. The maximum Gasteiger partial charge on any atom is 0.216 e. The predicted molar refractivity (Wildman–Crippen MR) is 118 cm³/mol. The quantitative estimate of drug-likeness (QED) is 0.606. The number of halogens is 1. The van der Waals surface area contributed by atoms with Crippen molar-refractivity contribution in [3.05, 3.63) is 63.0 Å². The van der Waals surface area contributed by atoms with Gasteiger partial charge in [0.2, 0.25) is 9.84 Å². The van der Waals surface area contributed by atoms with Gasteiger partial charge in [-0.25, -0.2) is 8.42 Å². The fraction of sp³-hybridized carbons (Fsp3) is 0.348. The smallest absolute Gasteiger partial charge is 0.216 e. The van der Waals surface area contributed by atoms with Crippen molar-refractivity contribution in [2.24, 2.45) is 0 Å². The maximum atomic E-state index is 12.9. The van der Waals surface area contributed by atoms with Gasteiger partial charge in [-0.1, -0.05) is 53.1 Å². The van der Waals surface area contributed by atoms with E-state index in [1.165, 1.54) is 30.3 Å². The van der Waals surface area contributed by atoms with Crippen LogP contribution in [0.4, 0.5) is 0 Å². The van der Waals surface area contributed by atoms with Gasteiger partial charge in [0.15, 0.2) is 0 Å². The Balaban J connectivity index is 2.73. The molecule has 0 saturated carbocycles. The van der Waals surface area contributed by atoms with Crippen molar-refractivity contribution in [3.8, 4) is 11.8 Å². The Hall–Kier alpha value is -2.29. The van der Waals surface area contributed by atoms with E-state index in [2.05, 4.69) is 0 Å². The molecule has 2 aromatic rings. The van der Waals surface area contributed by atoms with Gasteiger partial charge in [-0.2, -0.15) is 5.26 Å². The molecular weight excluding hydrogens is 406 g/mol. The summed E-state index contributed by atoms with van der Waals surface area (Å²) in [7, 11) is -3.99. The summed E-state index contributed by atoms with van der Waals surface area (Å²) in [6, 6.07) is 11.0. The van der Waals surface area contributed by atoms with Gasteiger partial charge >= 0.3 is 0 Å². The lowest BCUT2D eigenvalue weighted by Crippen LogP contribution is -2.17. The van der Waals surface area contributed by atoms with Gasteiger partial charge in [0.1, 0.15) is 16.7 Å². The number of benzene rings is 2. The van der Waals surface area contributed by atoms with Crippen molar-refractivity contribution in [1.82, 2.24) is 0 Å². The molecule has 0 aliphatic carbocycles. The highest BCUT2D eigenvalue weighted by Crippen LogP contribution is 2.40. The monoisotopic (exact) mass is 431 g/mol. The topological polar surface area (TPSA) is 78.2 Å². The van der Waals surface area contributed by atoms with Crippen LogP contribution < -0.4 is 0 Å². The highest BCUT2D eigenvalue weighted by Gasteiger charge is 2.27. The van der Waals surface area contributed by atoms with Crippen LogP contribution in [-0.2, 0) is 20.7 Å². The summed E-state index contributed by atoms with van der Waals surface area (Å²) in [6.07, 6.45) is 1.36. The molecule has 0 aromatic heterocycles. The van der Waals surface area contributed by atoms with E-state index in [-0.39, 0.29) is 26.4 Å². The van der Waals surface area contributed by atoms with E-state index >= 15 is 0 Å². The van der Waals surface area contributed by atoms with Gasteiger partial charge in [-0.05, 0) is 58.9 Å². The Labute approximate surface area is 178 Å². The first-order chi connectivity index (χ1) is 13.2. The van der Waals surface area contributed by atoms with Gasteiger partial charge in [0, 0.05) is 16.1 Å². The second kappa shape index (κ2) is 7.85. The molecule has 4 nitrogen and oxygen atoms in total. The number of phenols is 1. The molecule has 0 fully saturated rings. The summed E-state index contributed by atoms with van der Waals surface area (Å²) >= 11 is 5.84. The third-order valence-corrected chi connectivity index (χ3v) is 6.50. The molecule has 2 rings (SSSR count). The highest BCUT2D eigenvalue weighted by molar-refractivity contribution is 7.95. The van der Waals surface area contributed by atoms with Crippen molar-refractivity contribution in [3.63, 3.8) is 0 Å². The van der Waals surface area contributed by atoms with E-state index in [4.69, 9.17) is 11.6 Å². The Morgan fingerprint density at radius 2 is 1.45 bits per heavy atom. The number of nitrogens with zero attached hydrogens (tertiary/aromatic N) is 1. The summed E-state index contributed by atoms with van der Waals surface area (Å²) in [4.78, 5) is -0.370. The average Bonchev–Trinajstić information content (AvgIpc) is 2.58. The van der Waals surface area contributed by atoms with Crippen LogP contribution in [0, 0.1) is 11.3 Å². The van der Waals surface area contributed by atoms with Crippen LogP contribution in [0.1, 0.15) is 58.2 Å². The van der Waals surface area contributed by atoms with Crippen molar-refractivity contribution in [1.29, 1.82) is 5.26 Å². The normalized spacial score (nSPS) is 13.2. The first-order valence-corrected chi connectivity index (χ1v) is 11.0. The minimum absolute atomic E-state index is 0.000526. The lowest BCUT2D eigenvalue weighted by Gasteiger charge is -2.28. The fourth-order valence-electron chi connectivity index (χ4n) is 2.95. The molecule has 6 heteroatoms. The molecule has 0 heterocycles. The molecule has 0 amide bonds. The lowest BCUT2D eigenvalue weighted by atomic mass is 9.78. The van der Waals surface area contributed by atoms with E-state index in [1.54, 1.807) is 12.1 Å². The van der Waals surface area contributed by atoms with Gasteiger partial charge in [0.05, 0.1) is 4.90 Å². The maximum absolute atomic E-state index is 12.9. The van der Waals surface area contributed by atoms with Gasteiger partial charge in [-0.15, -0.1) is 0 Å². The highest BCUT2D eigenvalue weighted by atomic mass is 35.5. The van der Waals surface area contributed by atoms with Crippen LogP contribution in [0.3, 0.4) is 0 Å². The number of phenolic OH excluding ortho intramolecular Hbond substituents is 1. The standard InChI is InChI=1S/C23H26ClNO3S/c1-22(2,3)19-12-15(13-20(21(19)26)23(4,5)6)11-18(14-25)29(27,28)17-9-7-16(24)8-10-17/h7-13,26H,1-6H3/b18-11+. The minimum Gasteiger partial charge on any atom is -0.507 e. The number of hydrogen-bond donors (Lipinski definition) is 1. The predicted octanol–water partition coefficient (Wildman–Crippen LogP) is 5.98. The third-order valence-electron chi connectivity index (χ3n) is 4.57. The molecule has 0 saturated heterocycles. The lowest BCUT2D eigenvalue weighted by molar-refractivity contribution is 0.423. The summed E-state index contributed by atoms with van der Waals surface area (Å²) < 4.78 is 25.9. The molecule has 0 aliphatic rings. The molecular formula is C23H26ClNO3S. The zero-order valence-corrected chi connectivity index (χ0v) is 19.1. The molecule has 154 valence electrons. The molecule has 0 aliphatic heterocycles. The van der Waals surface area contributed by atoms with E-state index in [1.807, 2.05) is 47.6 Å². The van der Waals surface area contributed by atoms with Crippen LogP contribution >= 0.6 is 11.6 Å². The van der Waals surface area contributed by atoms with Gasteiger partial charge in [-0.3, -0.25) is 0 Å². The SMILES string of the molecule is CC(C)(C)c1cc(/C=C(\C#N)S(=O)(=O)c2ccc(Cl)cc2)cc(C(C)(C)C)c1O. The van der Waals surface area contributed by atoms with Crippen LogP contribution in [0.5, 0.6) is 5.75 Å². The minimum atomic E-state index is -3.99. The van der Waals surface area contributed by atoms with Crippen LogP contribution in [0.25, 0.3) is 6.08 Å². The Morgan fingerprint density at radius 1 is 1.00 bits per heavy atom. The number of aromatic hydroxyl groups is 1. The second-order valence-corrected chi connectivity index (χ2v) is 11.4. The summed E-state index contributed by atoms with van der Waals surface area (Å²) in [6.45, 7) is 11.8. The molecule has 29 heavy (non-hydrogen) atoms. The summed E-state index contributed by atoms with van der Waals surface area (Å²) in [5, 5.41) is 20.8. The zero-order chi connectivity index (χ0) is 22.2. The van der Waals surface area contributed by atoms with Gasteiger partial charge in [0.25, 0.3) is 0 Å². The van der Waals surface area contributed by atoms with Crippen LogP contribution in [-0.4, -0.2) is 13.5 Å². The van der Waals surface area contributed by atoms with E-state index in [0.29, 0.717) is 21.7 Å². The third kappa shape index (κ3) is 5.01. The van der Waals surface area contributed by atoms with E-state index < -0.39 is 9.84 Å². The van der Waals surface area contributed by atoms with Crippen LogP contribution in [0.15, 0.2) is 46.2 Å².